The Kier molecular flexibility index (Phi) is 4.64. The van der Waals surface area contributed by atoms with E-state index in [2.05, 4.69) is 17.3 Å². The Morgan fingerprint density at radius 2 is 1.89 bits per heavy atom. The Morgan fingerprint density at radius 1 is 1.22 bits per heavy atom. The second-order valence-corrected chi connectivity index (χ2v) is 5.34. The van der Waals surface area contributed by atoms with Gasteiger partial charge in [0.1, 0.15) is 5.82 Å². The van der Waals surface area contributed by atoms with Crippen LogP contribution in [0.3, 0.4) is 0 Å². The molecule has 0 saturated heterocycles. The fraction of sp³-hybridized carbons (Fsp3) is 0.786. The quantitative estimate of drug-likeness (QED) is 0.809. The van der Waals surface area contributed by atoms with Crippen molar-refractivity contribution in [1.82, 2.24) is 9.78 Å². The van der Waals surface area contributed by atoms with Crippen molar-refractivity contribution in [3.05, 3.63) is 11.3 Å². The van der Waals surface area contributed by atoms with Crippen molar-refractivity contribution in [3.63, 3.8) is 0 Å². The summed E-state index contributed by atoms with van der Waals surface area (Å²) in [5, 5.41) is 17.2. The minimum absolute atomic E-state index is 0.139. The summed E-state index contributed by atoms with van der Waals surface area (Å²) in [7, 11) is 0. The lowest BCUT2D eigenvalue weighted by atomic mass is 10.1. The van der Waals surface area contributed by atoms with Gasteiger partial charge in [0, 0.05) is 11.6 Å². The van der Waals surface area contributed by atoms with Crippen LogP contribution >= 0.6 is 0 Å². The first-order chi connectivity index (χ1) is 8.72. The molecule has 1 aromatic heterocycles. The standard InChI is InChI=1S/C14H25N3O/c1-11-12(2)16-17(9-10-18)14(11)15-13-7-5-3-4-6-8-13/h13,15,18H,3-10H2,1-2H3. The number of rotatable bonds is 4. The second kappa shape index (κ2) is 6.23. The van der Waals surface area contributed by atoms with Crippen LogP contribution in [0.2, 0.25) is 0 Å². The molecular formula is C14H25N3O. The van der Waals surface area contributed by atoms with Gasteiger partial charge in [-0.3, -0.25) is 0 Å². The Morgan fingerprint density at radius 3 is 2.50 bits per heavy atom. The van der Waals surface area contributed by atoms with Crippen molar-refractivity contribution in [1.29, 1.82) is 0 Å². The summed E-state index contributed by atoms with van der Waals surface area (Å²) >= 11 is 0. The highest BCUT2D eigenvalue weighted by atomic mass is 16.3. The van der Waals surface area contributed by atoms with Gasteiger partial charge in [0.05, 0.1) is 18.8 Å². The molecule has 4 heteroatoms. The van der Waals surface area contributed by atoms with Crippen LogP contribution < -0.4 is 5.32 Å². The fourth-order valence-electron chi connectivity index (χ4n) is 2.73. The molecule has 1 fully saturated rings. The number of aliphatic hydroxyl groups excluding tert-OH is 1. The van der Waals surface area contributed by atoms with Crippen molar-refractivity contribution in [2.75, 3.05) is 11.9 Å². The highest BCUT2D eigenvalue weighted by Gasteiger charge is 2.17. The number of hydrogen-bond donors (Lipinski definition) is 2. The van der Waals surface area contributed by atoms with Gasteiger partial charge < -0.3 is 10.4 Å². The number of aryl methyl sites for hydroxylation is 1. The number of anilines is 1. The SMILES string of the molecule is Cc1nn(CCO)c(NC2CCCCCC2)c1C. The molecule has 1 aromatic rings. The highest BCUT2D eigenvalue weighted by Crippen LogP contribution is 2.24. The predicted octanol–water partition coefficient (Wildman–Crippen LogP) is 2.63. The van der Waals surface area contributed by atoms with E-state index >= 15 is 0 Å². The van der Waals surface area contributed by atoms with E-state index in [4.69, 9.17) is 5.11 Å². The third kappa shape index (κ3) is 3.05. The van der Waals surface area contributed by atoms with Crippen LogP contribution in [0.1, 0.15) is 49.8 Å². The largest absolute Gasteiger partial charge is 0.394 e. The molecule has 0 unspecified atom stereocenters. The molecule has 1 saturated carbocycles. The van der Waals surface area contributed by atoms with E-state index in [1.165, 1.54) is 44.1 Å². The van der Waals surface area contributed by atoms with E-state index in [1.54, 1.807) is 0 Å². The molecule has 0 radical (unpaired) electrons. The summed E-state index contributed by atoms with van der Waals surface area (Å²) in [6, 6.07) is 0.569. The summed E-state index contributed by atoms with van der Waals surface area (Å²) in [5.74, 6) is 1.11. The lowest BCUT2D eigenvalue weighted by Crippen LogP contribution is -2.22. The maximum atomic E-state index is 9.11. The third-order valence-corrected chi connectivity index (χ3v) is 3.93. The van der Waals surface area contributed by atoms with Crippen LogP contribution in [0.4, 0.5) is 5.82 Å². The average molecular weight is 251 g/mol. The summed E-state index contributed by atoms with van der Waals surface area (Å²) in [6.07, 6.45) is 7.89. The van der Waals surface area contributed by atoms with Crippen LogP contribution in [-0.2, 0) is 6.54 Å². The van der Waals surface area contributed by atoms with Crippen molar-refractivity contribution in [2.45, 2.75) is 65.0 Å². The summed E-state index contributed by atoms with van der Waals surface area (Å²) in [6.45, 7) is 4.85. The molecule has 18 heavy (non-hydrogen) atoms. The van der Waals surface area contributed by atoms with Gasteiger partial charge in [-0.25, -0.2) is 4.68 Å². The van der Waals surface area contributed by atoms with E-state index in [0.717, 1.165) is 11.5 Å². The van der Waals surface area contributed by atoms with Crippen molar-refractivity contribution in [3.8, 4) is 0 Å². The molecule has 2 rings (SSSR count). The molecule has 0 spiro atoms. The molecule has 0 aromatic carbocycles. The zero-order valence-corrected chi connectivity index (χ0v) is 11.6. The van der Waals surface area contributed by atoms with Crippen LogP contribution in [0, 0.1) is 13.8 Å². The summed E-state index contributed by atoms with van der Waals surface area (Å²) in [4.78, 5) is 0. The summed E-state index contributed by atoms with van der Waals surface area (Å²) in [5.41, 5.74) is 2.27. The molecule has 1 heterocycles. The van der Waals surface area contributed by atoms with Crippen molar-refractivity contribution in [2.24, 2.45) is 0 Å². The Hall–Kier alpha value is -1.03. The second-order valence-electron chi connectivity index (χ2n) is 5.34. The molecule has 0 bridgehead atoms. The van der Waals surface area contributed by atoms with Gasteiger partial charge in [-0.2, -0.15) is 5.10 Å². The first-order valence-electron chi connectivity index (χ1n) is 7.13. The normalized spacial score (nSPS) is 17.7. The topological polar surface area (TPSA) is 50.1 Å². The van der Waals surface area contributed by atoms with Gasteiger partial charge in [0.15, 0.2) is 0 Å². The Balaban J connectivity index is 2.10. The zero-order chi connectivity index (χ0) is 13.0. The fourth-order valence-corrected chi connectivity index (χ4v) is 2.73. The predicted molar refractivity (Wildman–Crippen MR) is 73.9 cm³/mol. The van der Waals surface area contributed by atoms with Gasteiger partial charge >= 0.3 is 0 Å². The first kappa shape index (κ1) is 13.4. The first-order valence-corrected chi connectivity index (χ1v) is 7.13. The number of nitrogens with one attached hydrogen (secondary N) is 1. The third-order valence-electron chi connectivity index (χ3n) is 3.93. The monoisotopic (exact) mass is 251 g/mol. The van der Waals surface area contributed by atoms with Gasteiger partial charge in [0.25, 0.3) is 0 Å². The average Bonchev–Trinajstić information content (AvgIpc) is 2.58. The highest BCUT2D eigenvalue weighted by molar-refractivity contribution is 5.47. The lowest BCUT2D eigenvalue weighted by molar-refractivity contribution is 0.270. The van der Waals surface area contributed by atoms with E-state index in [9.17, 15) is 0 Å². The Bertz CT molecular complexity index is 379. The molecule has 102 valence electrons. The lowest BCUT2D eigenvalue weighted by Gasteiger charge is -2.19. The molecule has 4 nitrogen and oxygen atoms in total. The molecule has 1 aliphatic carbocycles. The number of aliphatic hydroxyl groups is 1. The number of nitrogens with zero attached hydrogens (tertiary/aromatic N) is 2. The zero-order valence-electron chi connectivity index (χ0n) is 11.6. The molecular weight excluding hydrogens is 226 g/mol. The minimum Gasteiger partial charge on any atom is -0.394 e. The molecule has 0 aliphatic heterocycles. The van der Waals surface area contributed by atoms with E-state index < -0.39 is 0 Å². The van der Waals surface area contributed by atoms with E-state index in [-0.39, 0.29) is 6.61 Å². The molecule has 2 N–H and O–H groups in total. The van der Waals surface area contributed by atoms with E-state index in [0.29, 0.717) is 12.6 Å². The van der Waals surface area contributed by atoms with Gasteiger partial charge in [-0.15, -0.1) is 0 Å². The van der Waals surface area contributed by atoms with Crippen LogP contribution in [-0.4, -0.2) is 27.5 Å². The Labute approximate surface area is 109 Å². The molecule has 0 atom stereocenters. The van der Waals surface area contributed by atoms with Crippen molar-refractivity contribution >= 4 is 5.82 Å². The maximum absolute atomic E-state index is 9.11. The van der Waals surface area contributed by atoms with Crippen LogP contribution in [0.15, 0.2) is 0 Å². The van der Waals surface area contributed by atoms with Gasteiger partial charge in [-0.1, -0.05) is 25.7 Å². The number of hydrogen-bond acceptors (Lipinski definition) is 3. The maximum Gasteiger partial charge on any atom is 0.127 e. The van der Waals surface area contributed by atoms with Crippen LogP contribution in [0.5, 0.6) is 0 Å². The van der Waals surface area contributed by atoms with Gasteiger partial charge in [-0.05, 0) is 26.7 Å². The summed E-state index contributed by atoms with van der Waals surface area (Å²) < 4.78 is 1.91. The van der Waals surface area contributed by atoms with Gasteiger partial charge in [0.2, 0.25) is 0 Å². The van der Waals surface area contributed by atoms with Crippen molar-refractivity contribution < 1.29 is 5.11 Å². The minimum atomic E-state index is 0.139. The molecule has 1 aliphatic rings. The van der Waals surface area contributed by atoms with E-state index in [1.807, 2.05) is 11.6 Å². The van der Waals surface area contributed by atoms with Crippen LogP contribution in [0.25, 0.3) is 0 Å². The molecule has 0 amide bonds. The smallest absolute Gasteiger partial charge is 0.127 e. The number of aromatic nitrogens is 2.